The summed E-state index contributed by atoms with van der Waals surface area (Å²) in [5, 5.41) is 14.6. The molecule has 0 spiro atoms. The van der Waals surface area contributed by atoms with Gasteiger partial charge in [0.05, 0.1) is 10.7 Å². The fraction of sp³-hybridized carbons (Fsp3) is 0.133. The van der Waals surface area contributed by atoms with E-state index in [1.165, 1.54) is 0 Å². The second-order valence-electron chi connectivity index (χ2n) is 4.84. The molecular formula is C15H13ClN2O2. The zero-order chi connectivity index (χ0) is 14.3. The van der Waals surface area contributed by atoms with Crippen LogP contribution in [0.1, 0.15) is 12.5 Å². The second-order valence-corrected chi connectivity index (χ2v) is 5.24. The number of carbonyl (C=O) groups is 1. The normalized spacial score (nSPS) is 20.4. The molecule has 102 valence electrons. The number of amides is 1. The Morgan fingerprint density at radius 2 is 1.80 bits per heavy atom. The molecule has 0 unspecified atom stereocenters. The highest BCUT2D eigenvalue weighted by Gasteiger charge is 2.48. The summed E-state index contributed by atoms with van der Waals surface area (Å²) in [7, 11) is 0. The molecule has 0 radical (unpaired) electrons. The SMILES string of the molecule is C[C@]1(N(O)c2ccccc2Cl)C(=O)Nc2ccccc21. The van der Waals surface area contributed by atoms with Crippen molar-refractivity contribution >= 4 is 28.9 Å². The number of hydrogen-bond donors (Lipinski definition) is 2. The first-order valence-electron chi connectivity index (χ1n) is 6.20. The Morgan fingerprint density at radius 1 is 1.15 bits per heavy atom. The van der Waals surface area contributed by atoms with Crippen LogP contribution in [0.15, 0.2) is 48.5 Å². The molecule has 0 fully saturated rings. The topological polar surface area (TPSA) is 52.6 Å². The first-order chi connectivity index (χ1) is 9.55. The van der Waals surface area contributed by atoms with Crippen LogP contribution in [0.5, 0.6) is 0 Å². The number of anilines is 2. The third-order valence-corrected chi connectivity index (χ3v) is 3.97. The van der Waals surface area contributed by atoms with E-state index < -0.39 is 5.54 Å². The predicted octanol–water partition coefficient (Wildman–Crippen LogP) is 3.40. The Hall–Kier alpha value is -2.04. The summed E-state index contributed by atoms with van der Waals surface area (Å²) in [5.74, 6) is -0.291. The quantitative estimate of drug-likeness (QED) is 0.833. The minimum Gasteiger partial charge on any atom is -0.323 e. The summed E-state index contributed by atoms with van der Waals surface area (Å²) in [6.45, 7) is 1.66. The lowest BCUT2D eigenvalue weighted by Gasteiger charge is -2.33. The van der Waals surface area contributed by atoms with E-state index in [1.807, 2.05) is 18.2 Å². The van der Waals surface area contributed by atoms with Gasteiger partial charge in [0.15, 0.2) is 5.54 Å². The largest absolute Gasteiger partial charge is 0.323 e. The monoisotopic (exact) mass is 288 g/mol. The molecule has 4 nitrogen and oxygen atoms in total. The van der Waals surface area contributed by atoms with Crippen molar-refractivity contribution in [1.29, 1.82) is 0 Å². The van der Waals surface area contributed by atoms with Crippen molar-refractivity contribution in [2.45, 2.75) is 12.5 Å². The average molecular weight is 289 g/mol. The van der Waals surface area contributed by atoms with E-state index in [4.69, 9.17) is 11.6 Å². The third kappa shape index (κ3) is 1.69. The van der Waals surface area contributed by atoms with Crippen LogP contribution in [0.25, 0.3) is 0 Å². The maximum absolute atomic E-state index is 12.3. The van der Waals surface area contributed by atoms with Gasteiger partial charge in [-0.25, -0.2) is 5.06 Å². The number of benzene rings is 2. The van der Waals surface area contributed by atoms with Crippen LogP contribution in [0, 0.1) is 0 Å². The lowest BCUT2D eigenvalue weighted by atomic mass is 9.92. The zero-order valence-corrected chi connectivity index (χ0v) is 11.6. The maximum atomic E-state index is 12.3. The van der Waals surface area contributed by atoms with Gasteiger partial charge in [-0.3, -0.25) is 10.0 Å². The molecule has 1 heterocycles. The molecule has 1 aliphatic rings. The Kier molecular flexibility index (Phi) is 2.92. The Morgan fingerprint density at radius 3 is 2.55 bits per heavy atom. The van der Waals surface area contributed by atoms with Gasteiger partial charge in [0.25, 0.3) is 5.91 Å². The van der Waals surface area contributed by atoms with E-state index in [2.05, 4.69) is 5.32 Å². The summed E-state index contributed by atoms with van der Waals surface area (Å²) >= 11 is 6.10. The molecule has 0 saturated carbocycles. The van der Waals surface area contributed by atoms with Crippen molar-refractivity contribution < 1.29 is 10.0 Å². The van der Waals surface area contributed by atoms with Gasteiger partial charge < -0.3 is 5.32 Å². The van der Waals surface area contributed by atoms with Gasteiger partial charge >= 0.3 is 0 Å². The lowest BCUT2D eigenvalue weighted by Crippen LogP contribution is -2.47. The van der Waals surface area contributed by atoms with Gasteiger partial charge in [-0.1, -0.05) is 41.9 Å². The molecule has 20 heavy (non-hydrogen) atoms. The van der Waals surface area contributed by atoms with Crippen LogP contribution < -0.4 is 10.4 Å². The molecule has 1 aliphatic heterocycles. The van der Waals surface area contributed by atoms with E-state index in [0.717, 1.165) is 5.06 Å². The highest BCUT2D eigenvalue weighted by Crippen LogP contribution is 2.42. The fourth-order valence-corrected chi connectivity index (χ4v) is 2.67. The van der Waals surface area contributed by atoms with Gasteiger partial charge in [0, 0.05) is 11.3 Å². The molecule has 5 heteroatoms. The summed E-state index contributed by atoms with van der Waals surface area (Å²) in [4.78, 5) is 12.3. The Labute approximate surface area is 121 Å². The van der Waals surface area contributed by atoms with E-state index >= 15 is 0 Å². The van der Waals surface area contributed by atoms with Gasteiger partial charge in [0.2, 0.25) is 0 Å². The van der Waals surface area contributed by atoms with Crippen LogP contribution in [-0.2, 0) is 10.3 Å². The minimum absolute atomic E-state index is 0.291. The standard InChI is InChI=1S/C15H13ClN2O2/c1-15(18(20)13-9-5-3-7-11(13)16)10-6-2-4-8-12(10)17-14(15)19/h2-9,20H,1H3,(H,17,19)/t15-/m1/s1. The number of rotatable bonds is 2. The number of nitrogens with one attached hydrogen (secondary N) is 1. The zero-order valence-electron chi connectivity index (χ0n) is 10.8. The molecule has 2 aromatic rings. The third-order valence-electron chi connectivity index (χ3n) is 3.65. The van der Waals surface area contributed by atoms with Gasteiger partial charge in [-0.2, -0.15) is 0 Å². The van der Waals surface area contributed by atoms with Crippen LogP contribution >= 0.6 is 11.6 Å². The van der Waals surface area contributed by atoms with Crippen molar-refractivity contribution in [2.24, 2.45) is 0 Å². The minimum atomic E-state index is -1.21. The molecule has 2 aromatic carbocycles. The summed E-state index contributed by atoms with van der Waals surface area (Å²) in [6, 6.07) is 14.1. The number of fused-ring (bicyclic) bond motifs is 1. The van der Waals surface area contributed by atoms with E-state index in [0.29, 0.717) is 22.0 Å². The highest BCUT2D eigenvalue weighted by atomic mass is 35.5. The first kappa shape index (κ1) is 13.0. The molecule has 2 N–H and O–H groups in total. The lowest BCUT2D eigenvalue weighted by molar-refractivity contribution is -0.122. The molecule has 1 amide bonds. The maximum Gasteiger partial charge on any atom is 0.257 e. The molecule has 0 aromatic heterocycles. The van der Waals surface area contributed by atoms with Crippen LogP contribution in [0.4, 0.5) is 11.4 Å². The van der Waals surface area contributed by atoms with Crippen LogP contribution in [0.2, 0.25) is 5.02 Å². The summed E-state index contributed by atoms with van der Waals surface area (Å²) in [6.07, 6.45) is 0. The van der Waals surface area contributed by atoms with E-state index in [-0.39, 0.29) is 5.91 Å². The van der Waals surface area contributed by atoms with Crippen LogP contribution in [0.3, 0.4) is 0 Å². The van der Waals surface area contributed by atoms with Gasteiger partial charge in [0.1, 0.15) is 0 Å². The van der Waals surface area contributed by atoms with Crippen molar-refractivity contribution in [3.63, 3.8) is 0 Å². The number of halogens is 1. The first-order valence-corrected chi connectivity index (χ1v) is 6.57. The van der Waals surface area contributed by atoms with Gasteiger partial charge in [-0.15, -0.1) is 0 Å². The second kappa shape index (κ2) is 4.51. The summed E-state index contributed by atoms with van der Waals surface area (Å²) in [5.41, 5.74) is 0.601. The molecule has 0 saturated heterocycles. The number of carbonyl (C=O) groups excluding carboxylic acids is 1. The average Bonchev–Trinajstić information content (AvgIpc) is 2.72. The number of hydrogen-bond acceptors (Lipinski definition) is 3. The Bertz CT molecular complexity index is 689. The fourth-order valence-electron chi connectivity index (χ4n) is 2.46. The summed E-state index contributed by atoms with van der Waals surface area (Å²) < 4.78 is 0. The molecule has 0 bridgehead atoms. The molecule has 3 rings (SSSR count). The number of hydroxylamine groups is 1. The van der Waals surface area contributed by atoms with Crippen LogP contribution in [-0.4, -0.2) is 11.1 Å². The number of nitrogens with zero attached hydrogens (tertiary/aromatic N) is 1. The van der Waals surface area contributed by atoms with E-state index in [9.17, 15) is 10.0 Å². The number of para-hydroxylation sites is 2. The van der Waals surface area contributed by atoms with Gasteiger partial charge in [-0.05, 0) is 25.1 Å². The van der Waals surface area contributed by atoms with E-state index in [1.54, 1.807) is 37.3 Å². The predicted molar refractivity (Wildman–Crippen MR) is 78.1 cm³/mol. The van der Waals surface area contributed by atoms with Crippen molar-refractivity contribution in [1.82, 2.24) is 0 Å². The molecule has 0 aliphatic carbocycles. The highest BCUT2D eigenvalue weighted by molar-refractivity contribution is 6.33. The van der Waals surface area contributed by atoms with Crippen molar-refractivity contribution in [2.75, 3.05) is 10.4 Å². The molecular weight excluding hydrogens is 276 g/mol. The van der Waals surface area contributed by atoms with Crippen molar-refractivity contribution in [3.8, 4) is 0 Å². The molecule has 1 atom stereocenters. The smallest absolute Gasteiger partial charge is 0.257 e. The van der Waals surface area contributed by atoms with Crippen molar-refractivity contribution in [3.05, 3.63) is 59.1 Å². The Balaban J connectivity index is 2.13.